The van der Waals surface area contributed by atoms with Crippen LogP contribution >= 0.6 is 0 Å². The van der Waals surface area contributed by atoms with Crippen LogP contribution in [0.3, 0.4) is 0 Å². The SMILES string of the molecule is Cc1occc1CN(C)C(=O)N1C[C@@H](C)[C@H](C(=O)O)C1. The highest BCUT2D eigenvalue weighted by molar-refractivity contribution is 5.77. The van der Waals surface area contributed by atoms with Gasteiger partial charge in [-0.15, -0.1) is 0 Å². The van der Waals surface area contributed by atoms with Gasteiger partial charge in [0.05, 0.1) is 18.7 Å². The van der Waals surface area contributed by atoms with Gasteiger partial charge in [-0.3, -0.25) is 4.79 Å². The van der Waals surface area contributed by atoms with Crippen LogP contribution in [0.4, 0.5) is 4.79 Å². The number of carboxylic acids is 1. The molecule has 1 aromatic heterocycles. The van der Waals surface area contributed by atoms with Crippen LogP contribution in [-0.4, -0.2) is 47.0 Å². The van der Waals surface area contributed by atoms with Crippen molar-refractivity contribution in [2.75, 3.05) is 20.1 Å². The molecule has 2 heterocycles. The van der Waals surface area contributed by atoms with E-state index in [-0.39, 0.29) is 18.5 Å². The van der Waals surface area contributed by atoms with E-state index in [0.717, 1.165) is 11.3 Å². The Bertz CT molecular complexity index is 511. The zero-order valence-electron chi connectivity index (χ0n) is 12.0. The molecule has 0 spiro atoms. The number of aliphatic carboxylic acids is 1. The van der Waals surface area contributed by atoms with Gasteiger partial charge >= 0.3 is 12.0 Å². The molecule has 0 saturated carbocycles. The number of carboxylic acid groups (broad SMARTS) is 1. The molecule has 2 amide bonds. The summed E-state index contributed by atoms with van der Waals surface area (Å²) in [5.41, 5.74) is 0.961. The number of amides is 2. The van der Waals surface area contributed by atoms with Gasteiger partial charge in [-0.1, -0.05) is 6.92 Å². The molecule has 0 radical (unpaired) electrons. The first-order valence-corrected chi connectivity index (χ1v) is 6.66. The molecule has 1 N–H and O–H groups in total. The molecule has 0 aliphatic carbocycles. The van der Waals surface area contributed by atoms with Crippen LogP contribution in [0, 0.1) is 18.8 Å². The van der Waals surface area contributed by atoms with Crippen molar-refractivity contribution in [2.24, 2.45) is 11.8 Å². The Morgan fingerprint density at radius 1 is 1.50 bits per heavy atom. The van der Waals surface area contributed by atoms with Crippen molar-refractivity contribution in [3.05, 3.63) is 23.7 Å². The Kier molecular flexibility index (Phi) is 4.01. The average molecular weight is 280 g/mol. The third kappa shape index (κ3) is 2.79. The maximum atomic E-state index is 12.3. The van der Waals surface area contributed by atoms with Crippen LogP contribution < -0.4 is 0 Å². The summed E-state index contributed by atoms with van der Waals surface area (Å²) in [6, 6.07) is 1.70. The van der Waals surface area contributed by atoms with E-state index in [1.54, 1.807) is 23.1 Å². The summed E-state index contributed by atoms with van der Waals surface area (Å²) >= 11 is 0. The van der Waals surface area contributed by atoms with Crippen molar-refractivity contribution >= 4 is 12.0 Å². The Balaban J connectivity index is 1.98. The fourth-order valence-electron chi connectivity index (χ4n) is 2.58. The van der Waals surface area contributed by atoms with E-state index in [9.17, 15) is 9.59 Å². The highest BCUT2D eigenvalue weighted by atomic mass is 16.4. The third-order valence-electron chi connectivity index (χ3n) is 3.90. The number of furan rings is 1. The molecular formula is C14H20N2O4. The number of likely N-dealkylation sites (tertiary alicyclic amines) is 1. The van der Waals surface area contributed by atoms with E-state index in [1.165, 1.54) is 0 Å². The highest BCUT2D eigenvalue weighted by Gasteiger charge is 2.37. The maximum absolute atomic E-state index is 12.3. The molecule has 20 heavy (non-hydrogen) atoms. The normalized spacial score (nSPS) is 22.1. The largest absolute Gasteiger partial charge is 0.481 e. The summed E-state index contributed by atoms with van der Waals surface area (Å²) in [7, 11) is 1.72. The second-order valence-electron chi connectivity index (χ2n) is 5.47. The van der Waals surface area contributed by atoms with Crippen LogP contribution in [0.1, 0.15) is 18.2 Å². The lowest BCUT2D eigenvalue weighted by Gasteiger charge is -2.24. The first-order chi connectivity index (χ1) is 9.40. The molecule has 1 aliphatic heterocycles. The predicted molar refractivity (Wildman–Crippen MR) is 72.2 cm³/mol. The Labute approximate surface area is 118 Å². The van der Waals surface area contributed by atoms with Crippen molar-refractivity contribution in [1.29, 1.82) is 0 Å². The molecule has 1 aliphatic rings. The van der Waals surface area contributed by atoms with Gasteiger partial charge in [-0.05, 0) is 18.9 Å². The second-order valence-corrected chi connectivity index (χ2v) is 5.47. The smallest absolute Gasteiger partial charge is 0.320 e. The molecule has 110 valence electrons. The van der Waals surface area contributed by atoms with Crippen molar-refractivity contribution in [1.82, 2.24) is 9.80 Å². The monoisotopic (exact) mass is 280 g/mol. The van der Waals surface area contributed by atoms with E-state index in [1.807, 2.05) is 19.9 Å². The minimum atomic E-state index is -0.832. The highest BCUT2D eigenvalue weighted by Crippen LogP contribution is 2.24. The molecule has 2 rings (SSSR count). The van der Waals surface area contributed by atoms with E-state index in [4.69, 9.17) is 9.52 Å². The van der Waals surface area contributed by atoms with E-state index >= 15 is 0 Å². The lowest BCUT2D eigenvalue weighted by atomic mass is 9.99. The van der Waals surface area contributed by atoms with Crippen LogP contribution in [0.5, 0.6) is 0 Å². The number of carbonyl (C=O) groups is 2. The summed E-state index contributed by atoms with van der Waals surface area (Å²) in [5, 5.41) is 9.10. The van der Waals surface area contributed by atoms with Gasteiger partial charge in [0, 0.05) is 25.7 Å². The van der Waals surface area contributed by atoms with Crippen molar-refractivity contribution in [3.63, 3.8) is 0 Å². The lowest BCUT2D eigenvalue weighted by Crippen LogP contribution is -2.40. The van der Waals surface area contributed by atoms with Crippen LogP contribution in [-0.2, 0) is 11.3 Å². The fourth-order valence-corrected chi connectivity index (χ4v) is 2.58. The van der Waals surface area contributed by atoms with Gasteiger partial charge in [0.1, 0.15) is 5.76 Å². The summed E-state index contributed by atoms with van der Waals surface area (Å²) in [6.45, 7) is 4.96. The minimum absolute atomic E-state index is 0.0134. The number of aryl methyl sites for hydroxylation is 1. The molecule has 6 heteroatoms. The number of carbonyl (C=O) groups excluding carboxylic acids is 1. The standard InChI is InChI=1S/C14H20N2O4/c1-9-6-16(8-12(9)13(17)18)14(19)15(3)7-11-4-5-20-10(11)2/h4-5,9,12H,6-8H2,1-3H3,(H,17,18)/t9-,12-/m1/s1. The average Bonchev–Trinajstić information content (AvgIpc) is 2.95. The molecular weight excluding hydrogens is 260 g/mol. The predicted octanol–water partition coefficient (Wildman–Crippen LogP) is 1.79. The van der Waals surface area contributed by atoms with Gasteiger partial charge in [0.25, 0.3) is 0 Å². The number of urea groups is 1. The van der Waals surface area contributed by atoms with Crippen molar-refractivity contribution in [2.45, 2.75) is 20.4 Å². The molecule has 0 unspecified atom stereocenters. The van der Waals surface area contributed by atoms with E-state index in [2.05, 4.69) is 0 Å². The van der Waals surface area contributed by atoms with Gasteiger partial charge in [-0.25, -0.2) is 4.79 Å². The Morgan fingerprint density at radius 3 is 2.70 bits per heavy atom. The summed E-state index contributed by atoms with van der Waals surface area (Å²) < 4.78 is 5.21. The quantitative estimate of drug-likeness (QED) is 0.916. The molecule has 0 aromatic carbocycles. The van der Waals surface area contributed by atoms with Crippen LogP contribution in [0.2, 0.25) is 0 Å². The lowest BCUT2D eigenvalue weighted by molar-refractivity contribution is -0.142. The van der Waals surface area contributed by atoms with Crippen molar-refractivity contribution in [3.8, 4) is 0 Å². The van der Waals surface area contributed by atoms with Crippen molar-refractivity contribution < 1.29 is 19.1 Å². The minimum Gasteiger partial charge on any atom is -0.481 e. The summed E-state index contributed by atoms with van der Waals surface area (Å²) in [6.07, 6.45) is 1.60. The van der Waals surface area contributed by atoms with E-state index in [0.29, 0.717) is 13.1 Å². The van der Waals surface area contributed by atoms with Gasteiger partial charge < -0.3 is 19.3 Å². The number of hydrogen-bond acceptors (Lipinski definition) is 3. The summed E-state index contributed by atoms with van der Waals surface area (Å²) in [5.74, 6) is -0.521. The maximum Gasteiger partial charge on any atom is 0.320 e. The number of hydrogen-bond donors (Lipinski definition) is 1. The van der Waals surface area contributed by atoms with Gasteiger partial charge in [0.2, 0.25) is 0 Å². The zero-order valence-corrected chi connectivity index (χ0v) is 12.0. The Hall–Kier alpha value is -1.98. The molecule has 1 aromatic rings. The van der Waals surface area contributed by atoms with Crippen LogP contribution in [0.25, 0.3) is 0 Å². The topological polar surface area (TPSA) is 74.0 Å². The summed E-state index contributed by atoms with van der Waals surface area (Å²) in [4.78, 5) is 26.6. The number of rotatable bonds is 3. The zero-order chi connectivity index (χ0) is 14.9. The first kappa shape index (κ1) is 14.4. The van der Waals surface area contributed by atoms with Gasteiger partial charge in [0.15, 0.2) is 0 Å². The van der Waals surface area contributed by atoms with Crippen LogP contribution in [0.15, 0.2) is 16.7 Å². The Morgan fingerprint density at radius 2 is 2.20 bits per heavy atom. The molecule has 2 atom stereocenters. The second kappa shape index (κ2) is 5.56. The molecule has 1 fully saturated rings. The molecule has 1 saturated heterocycles. The first-order valence-electron chi connectivity index (χ1n) is 6.66. The van der Waals surface area contributed by atoms with E-state index < -0.39 is 11.9 Å². The van der Waals surface area contributed by atoms with Gasteiger partial charge in [-0.2, -0.15) is 0 Å². The molecule has 0 bridgehead atoms. The fraction of sp³-hybridized carbons (Fsp3) is 0.571. The number of nitrogens with zero attached hydrogens (tertiary/aromatic N) is 2. The molecule has 6 nitrogen and oxygen atoms in total. The third-order valence-corrected chi connectivity index (χ3v) is 3.90.